The van der Waals surface area contributed by atoms with Crippen molar-refractivity contribution in [3.8, 4) is 0 Å². The Morgan fingerprint density at radius 1 is 1.44 bits per heavy atom. The predicted octanol–water partition coefficient (Wildman–Crippen LogP) is -0.437. The molecule has 104 valence electrons. The van der Waals surface area contributed by atoms with E-state index in [1.807, 2.05) is 0 Å². The second kappa shape index (κ2) is 5.54. The average molecular weight is 276 g/mol. The summed E-state index contributed by atoms with van der Waals surface area (Å²) < 4.78 is 29.6. The van der Waals surface area contributed by atoms with Crippen LogP contribution < -0.4 is 5.32 Å². The number of rotatable bonds is 4. The molecule has 0 saturated carbocycles. The summed E-state index contributed by atoms with van der Waals surface area (Å²) in [5.74, 6) is 0.187. The molecule has 2 aliphatic rings. The zero-order chi connectivity index (χ0) is 13.2. The van der Waals surface area contributed by atoms with Gasteiger partial charge in [-0.15, -0.1) is 0 Å². The van der Waals surface area contributed by atoms with Crippen molar-refractivity contribution in [3.05, 3.63) is 0 Å². The maximum absolute atomic E-state index is 12.0. The lowest BCUT2D eigenvalue weighted by molar-refractivity contribution is -0.124. The van der Waals surface area contributed by atoms with Crippen molar-refractivity contribution < 1.29 is 17.9 Å². The molecular weight excluding hydrogens is 256 g/mol. The molecule has 1 amide bonds. The highest BCUT2D eigenvalue weighted by Crippen LogP contribution is 2.20. The first-order valence-corrected chi connectivity index (χ1v) is 8.15. The van der Waals surface area contributed by atoms with E-state index in [-0.39, 0.29) is 5.91 Å². The Morgan fingerprint density at radius 3 is 2.83 bits per heavy atom. The van der Waals surface area contributed by atoms with Gasteiger partial charge in [0.2, 0.25) is 15.9 Å². The standard InChI is InChI=1S/C11H20N2O4S/c1-18(15,16)13-5-2-3-10(13)11(14)12-7-9-4-6-17-8-9/h9-10H,2-8H2,1H3,(H,12,14)/t9-,10+/m0/s1. The molecule has 18 heavy (non-hydrogen) atoms. The summed E-state index contributed by atoms with van der Waals surface area (Å²) in [7, 11) is -3.29. The van der Waals surface area contributed by atoms with Gasteiger partial charge in [0, 0.05) is 25.6 Å². The fourth-order valence-corrected chi connectivity index (χ4v) is 3.63. The van der Waals surface area contributed by atoms with Crippen LogP contribution in [0.5, 0.6) is 0 Å². The van der Waals surface area contributed by atoms with Gasteiger partial charge in [-0.3, -0.25) is 4.79 Å². The largest absolute Gasteiger partial charge is 0.381 e. The van der Waals surface area contributed by atoms with Crippen LogP contribution in [0.2, 0.25) is 0 Å². The molecule has 2 atom stereocenters. The molecule has 0 aromatic carbocycles. The topological polar surface area (TPSA) is 75.7 Å². The minimum atomic E-state index is -3.29. The first kappa shape index (κ1) is 13.8. The van der Waals surface area contributed by atoms with E-state index in [4.69, 9.17) is 4.74 Å². The zero-order valence-electron chi connectivity index (χ0n) is 10.6. The highest BCUT2D eigenvalue weighted by molar-refractivity contribution is 7.88. The summed E-state index contributed by atoms with van der Waals surface area (Å²) in [6.45, 7) is 2.45. The van der Waals surface area contributed by atoms with Crippen LogP contribution >= 0.6 is 0 Å². The van der Waals surface area contributed by atoms with Crippen molar-refractivity contribution in [1.29, 1.82) is 0 Å². The minimum Gasteiger partial charge on any atom is -0.381 e. The number of carbonyl (C=O) groups is 1. The van der Waals surface area contributed by atoms with E-state index >= 15 is 0 Å². The van der Waals surface area contributed by atoms with E-state index in [0.29, 0.717) is 32.0 Å². The molecule has 7 heteroatoms. The Hall–Kier alpha value is -0.660. The van der Waals surface area contributed by atoms with Gasteiger partial charge >= 0.3 is 0 Å². The Balaban J connectivity index is 1.87. The van der Waals surface area contributed by atoms with Gasteiger partial charge in [-0.25, -0.2) is 8.42 Å². The molecule has 2 saturated heterocycles. The molecule has 2 rings (SSSR count). The molecule has 0 aliphatic carbocycles. The minimum absolute atomic E-state index is 0.176. The lowest BCUT2D eigenvalue weighted by Crippen LogP contribution is -2.46. The number of ether oxygens (including phenoxy) is 1. The molecule has 2 aliphatic heterocycles. The number of hydrogen-bond donors (Lipinski definition) is 1. The van der Waals surface area contributed by atoms with E-state index in [9.17, 15) is 13.2 Å². The molecule has 0 radical (unpaired) electrons. The maximum atomic E-state index is 12.0. The van der Waals surface area contributed by atoms with Crippen LogP contribution in [-0.4, -0.2) is 57.2 Å². The number of carbonyl (C=O) groups excluding carboxylic acids is 1. The van der Waals surface area contributed by atoms with Gasteiger partial charge in [-0.05, 0) is 19.3 Å². The Labute approximate surface area is 108 Å². The summed E-state index contributed by atoms with van der Waals surface area (Å²) in [4.78, 5) is 12.0. The third-order valence-corrected chi connectivity index (χ3v) is 4.81. The average Bonchev–Trinajstić information content (AvgIpc) is 2.95. The SMILES string of the molecule is CS(=O)(=O)N1CCC[C@@H]1C(=O)NC[C@@H]1CCOC1. The number of hydrogen-bond acceptors (Lipinski definition) is 4. The second-order valence-corrected chi connectivity index (χ2v) is 6.94. The first-order valence-electron chi connectivity index (χ1n) is 6.31. The van der Waals surface area contributed by atoms with E-state index in [1.165, 1.54) is 4.31 Å². The van der Waals surface area contributed by atoms with Gasteiger partial charge in [-0.2, -0.15) is 4.31 Å². The fourth-order valence-electron chi connectivity index (χ4n) is 2.51. The fraction of sp³-hybridized carbons (Fsp3) is 0.909. The third kappa shape index (κ3) is 3.21. The van der Waals surface area contributed by atoms with Crippen LogP contribution in [0.1, 0.15) is 19.3 Å². The summed E-state index contributed by atoms with van der Waals surface area (Å²) in [5, 5.41) is 2.84. The van der Waals surface area contributed by atoms with E-state index in [0.717, 1.165) is 25.7 Å². The van der Waals surface area contributed by atoms with Crippen molar-refractivity contribution in [2.24, 2.45) is 5.92 Å². The lowest BCUT2D eigenvalue weighted by atomic mass is 10.1. The molecule has 6 nitrogen and oxygen atoms in total. The predicted molar refractivity (Wildman–Crippen MR) is 66.5 cm³/mol. The van der Waals surface area contributed by atoms with Gasteiger partial charge < -0.3 is 10.1 Å². The van der Waals surface area contributed by atoms with Crippen LogP contribution in [0.4, 0.5) is 0 Å². The zero-order valence-corrected chi connectivity index (χ0v) is 11.4. The van der Waals surface area contributed by atoms with Crippen molar-refractivity contribution in [3.63, 3.8) is 0 Å². The molecule has 2 heterocycles. The van der Waals surface area contributed by atoms with Crippen molar-refractivity contribution >= 4 is 15.9 Å². The maximum Gasteiger partial charge on any atom is 0.238 e. The van der Waals surface area contributed by atoms with Crippen molar-refractivity contribution in [2.45, 2.75) is 25.3 Å². The second-order valence-electron chi connectivity index (χ2n) is 5.01. The van der Waals surface area contributed by atoms with Crippen LogP contribution in [0.3, 0.4) is 0 Å². The van der Waals surface area contributed by atoms with Gasteiger partial charge in [0.25, 0.3) is 0 Å². The number of nitrogens with zero attached hydrogens (tertiary/aromatic N) is 1. The molecule has 0 unspecified atom stereocenters. The quantitative estimate of drug-likeness (QED) is 0.755. The Bertz CT molecular complexity index is 403. The third-order valence-electron chi connectivity index (χ3n) is 3.52. The molecular formula is C11H20N2O4S. The monoisotopic (exact) mass is 276 g/mol. The highest BCUT2D eigenvalue weighted by atomic mass is 32.2. The molecule has 2 fully saturated rings. The van der Waals surface area contributed by atoms with Gasteiger partial charge in [0.15, 0.2) is 0 Å². The molecule has 0 aromatic rings. The summed E-state index contributed by atoms with van der Waals surface area (Å²) >= 11 is 0. The summed E-state index contributed by atoms with van der Waals surface area (Å²) in [5.41, 5.74) is 0. The Morgan fingerprint density at radius 2 is 2.22 bits per heavy atom. The van der Waals surface area contributed by atoms with Crippen LogP contribution in [-0.2, 0) is 19.6 Å². The highest BCUT2D eigenvalue weighted by Gasteiger charge is 2.36. The number of nitrogens with one attached hydrogen (secondary N) is 1. The van der Waals surface area contributed by atoms with E-state index < -0.39 is 16.1 Å². The van der Waals surface area contributed by atoms with Gasteiger partial charge in [0.05, 0.1) is 12.9 Å². The normalized spacial score (nSPS) is 29.6. The number of amides is 1. The van der Waals surface area contributed by atoms with Crippen molar-refractivity contribution in [1.82, 2.24) is 9.62 Å². The summed E-state index contributed by atoms with van der Waals surface area (Å²) in [6.07, 6.45) is 3.47. The van der Waals surface area contributed by atoms with Crippen LogP contribution in [0, 0.1) is 5.92 Å². The smallest absolute Gasteiger partial charge is 0.238 e. The van der Waals surface area contributed by atoms with E-state index in [2.05, 4.69) is 5.32 Å². The molecule has 0 bridgehead atoms. The first-order chi connectivity index (χ1) is 8.48. The molecule has 0 aromatic heterocycles. The molecule has 0 spiro atoms. The van der Waals surface area contributed by atoms with E-state index in [1.54, 1.807) is 0 Å². The molecule has 1 N–H and O–H groups in total. The summed E-state index contributed by atoms with van der Waals surface area (Å²) in [6, 6.07) is -0.526. The van der Waals surface area contributed by atoms with Gasteiger partial charge in [-0.1, -0.05) is 0 Å². The van der Waals surface area contributed by atoms with Crippen LogP contribution in [0.15, 0.2) is 0 Å². The van der Waals surface area contributed by atoms with Gasteiger partial charge in [0.1, 0.15) is 6.04 Å². The lowest BCUT2D eigenvalue weighted by Gasteiger charge is -2.22. The van der Waals surface area contributed by atoms with Crippen molar-refractivity contribution in [2.75, 3.05) is 32.6 Å². The number of sulfonamides is 1. The van der Waals surface area contributed by atoms with Crippen LogP contribution in [0.25, 0.3) is 0 Å². The Kier molecular flexibility index (Phi) is 4.24.